The van der Waals surface area contributed by atoms with Gasteiger partial charge in [0.2, 0.25) is 5.91 Å². The first-order valence-corrected chi connectivity index (χ1v) is 11.9. The van der Waals surface area contributed by atoms with Gasteiger partial charge in [-0.15, -0.1) is 0 Å². The molecular formula is C25H27ClF3N3O3. The van der Waals surface area contributed by atoms with Crippen molar-refractivity contribution in [1.82, 2.24) is 15.1 Å². The lowest BCUT2D eigenvalue weighted by Gasteiger charge is -2.30. The summed E-state index contributed by atoms with van der Waals surface area (Å²) < 4.78 is 45.0. The van der Waals surface area contributed by atoms with Crippen molar-refractivity contribution in [2.45, 2.75) is 50.5 Å². The first kappa shape index (κ1) is 25.2. The molecule has 2 aromatic carbocycles. The van der Waals surface area contributed by atoms with Gasteiger partial charge < -0.3 is 19.9 Å². The van der Waals surface area contributed by atoms with Crippen LogP contribution in [0.5, 0.6) is 5.75 Å². The molecule has 3 amide bonds. The minimum atomic E-state index is -4.48. The Bertz CT molecular complexity index is 1080. The predicted molar refractivity (Wildman–Crippen MR) is 125 cm³/mol. The van der Waals surface area contributed by atoms with E-state index < -0.39 is 29.9 Å². The van der Waals surface area contributed by atoms with Crippen LogP contribution in [-0.4, -0.2) is 48.0 Å². The van der Waals surface area contributed by atoms with Crippen molar-refractivity contribution >= 4 is 23.5 Å². The van der Waals surface area contributed by atoms with Crippen LogP contribution in [0, 0.1) is 0 Å². The van der Waals surface area contributed by atoms with E-state index in [9.17, 15) is 22.8 Å². The van der Waals surface area contributed by atoms with Gasteiger partial charge in [0.15, 0.2) is 0 Å². The molecule has 2 aliphatic rings. The number of urea groups is 1. The number of rotatable bonds is 4. The average molecular weight is 510 g/mol. The number of halogens is 4. The Morgan fingerprint density at radius 3 is 2.60 bits per heavy atom. The number of hydrogen-bond donors (Lipinski definition) is 1. The fourth-order valence-corrected chi connectivity index (χ4v) is 4.72. The second kappa shape index (κ2) is 10.4. The van der Waals surface area contributed by atoms with E-state index in [4.69, 9.17) is 16.3 Å². The third-order valence-electron chi connectivity index (χ3n) is 6.42. The number of nitrogens with one attached hydrogen (secondary N) is 1. The molecule has 35 heavy (non-hydrogen) atoms. The molecule has 2 unspecified atom stereocenters. The van der Waals surface area contributed by atoms with Crippen molar-refractivity contribution in [3.63, 3.8) is 0 Å². The molecule has 0 spiro atoms. The third-order valence-corrected chi connectivity index (χ3v) is 6.67. The van der Waals surface area contributed by atoms with Crippen LogP contribution in [0.4, 0.5) is 18.0 Å². The van der Waals surface area contributed by atoms with Crippen LogP contribution in [0.2, 0.25) is 5.02 Å². The lowest BCUT2D eigenvalue weighted by Crippen LogP contribution is -2.50. The van der Waals surface area contributed by atoms with Crippen molar-refractivity contribution in [2.24, 2.45) is 0 Å². The van der Waals surface area contributed by atoms with E-state index in [1.54, 1.807) is 24.1 Å². The van der Waals surface area contributed by atoms with Gasteiger partial charge in [0.1, 0.15) is 11.8 Å². The predicted octanol–water partition coefficient (Wildman–Crippen LogP) is 5.41. The lowest BCUT2D eigenvalue weighted by molar-refractivity contribution is -0.137. The maximum atomic E-state index is 13.2. The number of fused-ring (bicyclic) bond motifs is 1. The number of likely N-dealkylation sites (tertiary alicyclic amines) is 1. The summed E-state index contributed by atoms with van der Waals surface area (Å²) in [6, 6.07) is 9.05. The van der Waals surface area contributed by atoms with E-state index in [2.05, 4.69) is 5.32 Å². The largest absolute Gasteiger partial charge is 0.493 e. The van der Waals surface area contributed by atoms with Gasteiger partial charge in [-0.25, -0.2) is 4.79 Å². The van der Waals surface area contributed by atoms with Crippen molar-refractivity contribution in [3.05, 3.63) is 64.2 Å². The van der Waals surface area contributed by atoms with Crippen LogP contribution in [0.3, 0.4) is 0 Å². The maximum Gasteiger partial charge on any atom is 0.416 e. The van der Waals surface area contributed by atoms with Crippen molar-refractivity contribution in [3.8, 4) is 5.75 Å². The zero-order chi connectivity index (χ0) is 25.2. The van der Waals surface area contributed by atoms with Crippen LogP contribution in [0.25, 0.3) is 0 Å². The number of nitrogens with zero attached hydrogens (tertiary/aromatic N) is 2. The quantitative estimate of drug-likeness (QED) is 0.600. The summed E-state index contributed by atoms with van der Waals surface area (Å²) in [5.74, 6) is -0.0357. The number of likely N-dealkylation sites (N-methyl/N-ethyl adjacent to an activating group) is 1. The molecule has 10 heteroatoms. The highest BCUT2D eigenvalue weighted by Gasteiger charge is 2.37. The van der Waals surface area contributed by atoms with Crippen molar-refractivity contribution in [1.29, 1.82) is 0 Å². The minimum absolute atomic E-state index is 0.124. The van der Waals surface area contributed by atoms with Gasteiger partial charge in [0, 0.05) is 30.7 Å². The molecule has 1 N–H and O–H groups in total. The first-order chi connectivity index (χ1) is 16.6. The number of carbonyl (C=O) groups is 2. The third kappa shape index (κ3) is 5.83. The summed E-state index contributed by atoms with van der Waals surface area (Å²) in [4.78, 5) is 29.5. The molecular weight excluding hydrogens is 483 g/mol. The molecule has 2 heterocycles. The lowest BCUT2D eigenvalue weighted by atomic mass is 10.0. The molecule has 1 fully saturated rings. The maximum absolute atomic E-state index is 13.2. The number of benzene rings is 2. The van der Waals surface area contributed by atoms with E-state index in [-0.39, 0.29) is 18.3 Å². The molecule has 0 bridgehead atoms. The molecule has 0 aromatic heterocycles. The Balaban J connectivity index is 1.45. The second-order valence-corrected chi connectivity index (χ2v) is 9.35. The van der Waals surface area contributed by atoms with Crippen LogP contribution in [-0.2, 0) is 17.5 Å². The minimum Gasteiger partial charge on any atom is -0.493 e. The number of amides is 3. The zero-order valence-corrected chi connectivity index (χ0v) is 20.0. The van der Waals surface area contributed by atoms with E-state index in [1.165, 1.54) is 11.0 Å². The molecule has 0 aliphatic carbocycles. The Morgan fingerprint density at radius 1 is 1.14 bits per heavy atom. The highest BCUT2D eigenvalue weighted by Crippen LogP contribution is 2.37. The van der Waals surface area contributed by atoms with E-state index in [0.29, 0.717) is 49.4 Å². The SMILES string of the molecule is CN(Cc1ccc(Cl)cc1)C(=O)C1CCCN1C(=O)NC1CCCOc2cc(C(F)(F)F)ccc21. The number of ether oxygens (including phenoxy) is 1. The summed E-state index contributed by atoms with van der Waals surface area (Å²) in [5.41, 5.74) is 0.635. The van der Waals surface area contributed by atoms with Gasteiger partial charge in [-0.2, -0.15) is 13.2 Å². The molecule has 0 radical (unpaired) electrons. The number of carbonyl (C=O) groups excluding carboxylic acids is 2. The average Bonchev–Trinajstić information content (AvgIpc) is 3.23. The summed E-state index contributed by atoms with van der Waals surface area (Å²) in [5, 5.41) is 3.55. The Hall–Kier alpha value is -2.94. The van der Waals surface area contributed by atoms with Gasteiger partial charge >= 0.3 is 12.2 Å². The Labute approximate surface area is 207 Å². The van der Waals surface area contributed by atoms with Gasteiger partial charge in [-0.3, -0.25) is 4.79 Å². The summed E-state index contributed by atoms with van der Waals surface area (Å²) in [7, 11) is 1.70. The highest BCUT2D eigenvalue weighted by molar-refractivity contribution is 6.30. The molecule has 188 valence electrons. The topological polar surface area (TPSA) is 61.9 Å². The first-order valence-electron chi connectivity index (χ1n) is 11.5. The van der Waals surface area contributed by atoms with Crippen LogP contribution < -0.4 is 10.1 Å². The van der Waals surface area contributed by atoms with Gasteiger partial charge in [-0.05, 0) is 55.5 Å². The number of alkyl halides is 3. The second-order valence-electron chi connectivity index (χ2n) is 8.92. The van der Waals surface area contributed by atoms with Crippen LogP contribution in [0.1, 0.15) is 48.4 Å². The Morgan fingerprint density at radius 2 is 1.89 bits per heavy atom. The van der Waals surface area contributed by atoms with Crippen molar-refractivity contribution < 1.29 is 27.5 Å². The van der Waals surface area contributed by atoms with Gasteiger partial charge in [0.05, 0.1) is 18.2 Å². The van der Waals surface area contributed by atoms with Crippen LogP contribution >= 0.6 is 11.6 Å². The van der Waals surface area contributed by atoms with E-state index in [1.807, 2.05) is 12.1 Å². The normalized spacial score (nSPS) is 20.0. The molecule has 2 aliphatic heterocycles. The molecule has 2 atom stereocenters. The molecule has 0 saturated carbocycles. The van der Waals surface area contributed by atoms with Gasteiger partial charge in [0.25, 0.3) is 0 Å². The molecule has 1 saturated heterocycles. The standard InChI is InChI=1S/C25H27ClF3N3O3/c1-31(15-16-6-9-18(26)10-7-16)23(33)21-5-2-12-32(21)24(34)30-20-4-3-13-35-22-14-17(25(27,28)29)8-11-19(20)22/h6-11,14,20-21H,2-5,12-13,15H2,1H3,(H,30,34). The monoisotopic (exact) mass is 509 g/mol. The summed E-state index contributed by atoms with van der Waals surface area (Å²) in [6.07, 6.45) is -2.14. The van der Waals surface area contributed by atoms with Gasteiger partial charge in [-0.1, -0.05) is 29.8 Å². The summed E-state index contributed by atoms with van der Waals surface area (Å²) >= 11 is 5.93. The Kier molecular flexibility index (Phi) is 7.44. The molecule has 6 nitrogen and oxygen atoms in total. The molecule has 2 aromatic rings. The summed E-state index contributed by atoms with van der Waals surface area (Å²) in [6.45, 7) is 1.08. The smallest absolute Gasteiger partial charge is 0.416 e. The zero-order valence-electron chi connectivity index (χ0n) is 19.3. The fourth-order valence-electron chi connectivity index (χ4n) is 4.59. The van der Waals surface area contributed by atoms with Crippen molar-refractivity contribution in [2.75, 3.05) is 20.2 Å². The fraction of sp³-hybridized carbons (Fsp3) is 0.440. The molecule has 4 rings (SSSR count). The van der Waals surface area contributed by atoms with E-state index in [0.717, 1.165) is 17.7 Å². The number of hydrogen-bond acceptors (Lipinski definition) is 3. The highest BCUT2D eigenvalue weighted by atomic mass is 35.5. The van der Waals surface area contributed by atoms with Crippen LogP contribution in [0.15, 0.2) is 42.5 Å². The van der Waals surface area contributed by atoms with E-state index >= 15 is 0 Å².